The maximum absolute atomic E-state index is 12.2. The van der Waals surface area contributed by atoms with Gasteiger partial charge in [0, 0.05) is 10.6 Å². The highest BCUT2D eigenvalue weighted by atomic mass is 35.5. The van der Waals surface area contributed by atoms with Crippen molar-refractivity contribution in [2.75, 3.05) is 11.4 Å². The molecule has 0 aliphatic heterocycles. The third-order valence-electron chi connectivity index (χ3n) is 5.16. The maximum atomic E-state index is 12.2. The smallest absolute Gasteiger partial charge is 0.329 e. The van der Waals surface area contributed by atoms with Crippen LogP contribution >= 0.6 is 11.6 Å². The van der Waals surface area contributed by atoms with E-state index in [1.54, 1.807) is 26.0 Å². The Bertz CT molecular complexity index is 1100. The number of carbonyl (C=O) groups excluding carboxylic acids is 1. The number of halogens is 1. The minimum Gasteiger partial charge on any atom is -0.489 e. The van der Waals surface area contributed by atoms with E-state index in [1.807, 2.05) is 60.7 Å². The third-order valence-corrected chi connectivity index (χ3v) is 6.30. The quantitative estimate of drug-likeness (QED) is 0.308. The van der Waals surface area contributed by atoms with Crippen molar-refractivity contribution in [2.45, 2.75) is 26.5 Å². The molecule has 174 valence electrons. The Morgan fingerprint density at radius 2 is 1.58 bits per heavy atom. The van der Waals surface area contributed by atoms with Crippen molar-refractivity contribution in [2.24, 2.45) is 5.92 Å². The molecule has 0 saturated carbocycles. The van der Waals surface area contributed by atoms with Crippen molar-refractivity contribution in [1.82, 2.24) is 0 Å². The van der Waals surface area contributed by atoms with E-state index in [0.29, 0.717) is 17.3 Å². The number of carbonyl (C=O) groups is 1. The van der Waals surface area contributed by atoms with Crippen LogP contribution in [0.15, 0.2) is 72.8 Å². The maximum Gasteiger partial charge on any atom is 0.329 e. The SMILES string of the molecule is COC(=O)C(C(C)C)N(c1ccc(-c2ccc(OCc3ccccc3Cl)cc2)cc1)S(=O)O. The van der Waals surface area contributed by atoms with Gasteiger partial charge >= 0.3 is 5.97 Å². The number of anilines is 1. The van der Waals surface area contributed by atoms with Crippen LogP contribution in [0.2, 0.25) is 5.02 Å². The average molecular weight is 488 g/mol. The van der Waals surface area contributed by atoms with Gasteiger partial charge in [0.2, 0.25) is 0 Å². The lowest BCUT2D eigenvalue weighted by molar-refractivity contribution is -0.142. The highest BCUT2D eigenvalue weighted by Gasteiger charge is 2.33. The summed E-state index contributed by atoms with van der Waals surface area (Å²) in [5.41, 5.74) is 3.23. The van der Waals surface area contributed by atoms with Crippen molar-refractivity contribution in [3.8, 4) is 16.9 Å². The largest absolute Gasteiger partial charge is 0.489 e. The summed E-state index contributed by atoms with van der Waals surface area (Å²) in [7, 11) is 1.26. The van der Waals surface area contributed by atoms with Crippen LogP contribution in [-0.4, -0.2) is 27.9 Å². The number of rotatable bonds is 9. The molecule has 3 aromatic rings. The van der Waals surface area contributed by atoms with Crippen molar-refractivity contribution in [1.29, 1.82) is 0 Å². The van der Waals surface area contributed by atoms with Gasteiger partial charge in [-0.1, -0.05) is 67.9 Å². The minimum absolute atomic E-state index is 0.230. The summed E-state index contributed by atoms with van der Waals surface area (Å²) in [4.78, 5) is 12.2. The second-order valence-electron chi connectivity index (χ2n) is 7.72. The van der Waals surface area contributed by atoms with E-state index in [1.165, 1.54) is 7.11 Å². The lowest BCUT2D eigenvalue weighted by Gasteiger charge is -2.30. The molecule has 0 spiro atoms. The van der Waals surface area contributed by atoms with Crippen LogP contribution in [0.3, 0.4) is 0 Å². The Morgan fingerprint density at radius 1 is 1.00 bits per heavy atom. The highest BCUT2D eigenvalue weighted by Crippen LogP contribution is 2.29. The van der Waals surface area contributed by atoms with Crippen LogP contribution in [0, 0.1) is 5.92 Å². The number of methoxy groups -OCH3 is 1. The first kappa shape index (κ1) is 24.8. The molecular weight excluding hydrogens is 462 g/mol. The van der Waals surface area contributed by atoms with E-state index in [4.69, 9.17) is 21.1 Å². The molecule has 1 N–H and O–H groups in total. The molecular formula is C25H26ClNO5S. The average Bonchev–Trinajstić information content (AvgIpc) is 2.81. The zero-order valence-electron chi connectivity index (χ0n) is 18.6. The van der Waals surface area contributed by atoms with Crippen molar-refractivity contribution in [3.63, 3.8) is 0 Å². The number of ether oxygens (including phenoxy) is 2. The van der Waals surface area contributed by atoms with Crippen molar-refractivity contribution >= 4 is 34.5 Å². The van der Waals surface area contributed by atoms with E-state index >= 15 is 0 Å². The lowest BCUT2D eigenvalue weighted by Crippen LogP contribution is -2.46. The first-order valence-electron chi connectivity index (χ1n) is 10.4. The molecule has 0 radical (unpaired) electrons. The summed E-state index contributed by atoms with van der Waals surface area (Å²) < 4.78 is 33.7. The van der Waals surface area contributed by atoms with Gasteiger partial charge in [0.15, 0.2) is 0 Å². The molecule has 0 amide bonds. The zero-order valence-corrected chi connectivity index (χ0v) is 20.2. The lowest BCUT2D eigenvalue weighted by atomic mass is 10.0. The summed E-state index contributed by atoms with van der Waals surface area (Å²) in [6.07, 6.45) is 0. The molecule has 0 fully saturated rings. The highest BCUT2D eigenvalue weighted by molar-refractivity contribution is 7.80. The summed E-state index contributed by atoms with van der Waals surface area (Å²) in [6.45, 7) is 3.97. The van der Waals surface area contributed by atoms with Gasteiger partial charge in [-0.2, -0.15) is 0 Å². The third kappa shape index (κ3) is 6.13. The molecule has 2 atom stereocenters. The van der Waals surface area contributed by atoms with Gasteiger partial charge in [-0.15, -0.1) is 0 Å². The summed E-state index contributed by atoms with van der Waals surface area (Å²) in [6, 6.07) is 21.4. The summed E-state index contributed by atoms with van der Waals surface area (Å²) in [5, 5.41) is 0.666. The standard InChI is InChI=1S/C25H26ClNO5S/c1-17(2)24(25(28)31-3)27(33(29)30)21-12-8-18(9-13-21)19-10-14-22(15-11-19)32-16-20-6-4-5-7-23(20)26/h4-15,17,24H,16H2,1-3H3,(H,29,30). The zero-order chi connectivity index (χ0) is 24.0. The van der Waals surface area contributed by atoms with Gasteiger partial charge < -0.3 is 9.47 Å². The van der Waals surface area contributed by atoms with E-state index < -0.39 is 23.3 Å². The Labute approximate surface area is 201 Å². The minimum atomic E-state index is -2.39. The fraction of sp³-hybridized carbons (Fsp3) is 0.240. The molecule has 0 aromatic heterocycles. The van der Waals surface area contributed by atoms with Crippen molar-refractivity contribution < 1.29 is 23.0 Å². The molecule has 6 nitrogen and oxygen atoms in total. The molecule has 3 rings (SSSR count). The molecule has 0 aliphatic carbocycles. The van der Waals surface area contributed by atoms with Crippen LogP contribution in [0.5, 0.6) is 5.75 Å². The Balaban J connectivity index is 1.75. The summed E-state index contributed by atoms with van der Waals surface area (Å²) in [5.74, 6) is -0.0783. The van der Waals surface area contributed by atoms with E-state index in [2.05, 4.69) is 0 Å². The molecule has 3 aromatic carbocycles. The normalized spacial score (nSPS) is 12.8. The van der Waals surface area contributed by atoms with E-state index in [9.17, 15) is 13.6 Å². The molecule has 0 heterocycles. The van der Waals surface area contributed by atoms with E-state index in [0.717, 1.165) is 26.7 Å². The predicted octanol–water partition coefficient (Wildman–Crippen LogP) is 5.73. The first-order valence-corrected chi connectivity index (χ1v) is 11.8. The fourth-order valence-electron chi connectivity index (χ4n) is 3.43. The number of esters is 1. The van der Waals surface area contributed by atoms with Gasteiger partial charge in [0.05, 0.1) is 12.8 Å². The molecule has 0 bridgehead atoms. The molecule has 0 saturated heterocycles. The second kappa shape index (κ2) is 11.3. The van der Waals surface area contributed by atoms with Crippen LogP contribution in [-0.2, 0) is 27.4 Å². The number of hydrogen-bond donors (Lipinski definition) is 1. The first-order chi connectivity index (χ1) is 15.8. The van der Waals surface area contributed by atoms with Gasteiger partial charge in [0.25, 0.3) is 11.3 Å². The molecule has 33 heavy (non-hydrogen) atoms. The van der Waals surface area contributed by atoms with Crippen LogP contribution in [0.4, 0.5) is 5.69 Å². The van der Waals surface area contributed by atoms with Crippen molar-refractivity contribution in [3.05, 3.63) is 83.4 Å². The van der Waals surface area contributed by atoms with Gasteiger partial charge in [-0.25, -0.2) is 9.00 Å². The van der Waals surface area contributed by atoms with E-state index in [-0.39, 0.29) is 5.92 Å². The topological polar surface area (TPSA) is 76.1 Å². The van der Waals surface area contributed by atoms with Gasteiger partial charge in [0.1, 0.15) is 18.4 Å². The molecule has 0 aliphatic rings. The van der Waals surface area contributed by atoms with Gasteiger partial charge in [-0.3, -0.25) is 8.86 Å². The monoisotopic (exact) mass is 487 g/mol. The Hall–Kier alpha value is -2.87. The van der Waals surface area contributed by atoms with Crippen LogP contribution in [0.1, 0.15) is 19.4 Å². The fourth-order valence-corrected chi connectivity index (χ4v) is 4.44. The predicted molar refractivity (Wildman–Crippen MR) is 132 cm³/mol. The number of hydrogen-bond acceptors (Lipinski definition) is 4. The molecule has 2 unspecified atom stereocenters. The Kier molecular flexibility index (Phi) is 8.49. The summed E-state index contributed by atoms with van der Waals surface area (Å²) >= 11 is 3.77. The number of nitrogens with zero attached hydrogens (tertiary/aromatic N) is 1. The number of benzene rings is 3. The Morgan fingerprint density at radius 3 is 2.09 bits per heavy atom. The van der Waals surface area contributed by atoms with Crippen LogP contribution in [0.25, 0.3) is 11.1 Å². The second-order valence-corrected chi connectivity index (χ2v) is 8.98. The van der Waals surface area contributed by atoms with Crippen LogP contribution < -0.4 is 9.04 Å². The molecule has 8 heteroatoms. The van der Waals surface area contributed by atoms with Gasteiger partial charge in [-0.05, 0) is 47.4 Å².